The van der Waals surface area contributed by atoms with Crippen LogP contribution in [0.15, 0.2) is 115 Å². The first-order chi connectivity index (χ1) is 18.9. The highest BCUT2D eigenvalue weighted by atomic mass is 19.1. The van der Waals surface area contributed by atoms with Gasteiger partial charge in [-0.3, -0.25) is 14.4 Å². The molecule has 6 nitrogen and oxygen atoms in total. The van der Waals surface area contributed by atoms with Crippen LogP contribution < -0.4 is 15.4 Å². The zero-order chi connectivity index (χ0) is 27.6. The number of hydrogen-bond donors (Lipinski definition) is 2. The van der Waals surface area contributed by atoms with E-state index in [0.717, 1.165) is 5.56 Å². The van der Waals surface area contributed by atoms with E-state index in [1.54, 1.807) is 67.8 Å². The van der Waals surface area contributed by atoms with Crippen LogP contribution in [0.2, 0.25) is 0 Å². The van der Waals surface area contributed by atoms with Crippen LogP contribution in [0.3, 0.4) is 0 Å². The van der Waals surface area contributed by atoms with Crippen LogP contribution in [-0.2, 0) is 4.79 Å². The molecule has 0 fully saturated rings. The Morgan fingerprint density at radius 2 is 1.44 bits per heavy atom. The summed E-state index contributed by atoms with van der Waals surface area (Å²) in [6, 6.07) is 27.7. The van der Waals surface area contributed by atoms with Crippen molar-refractivity contribution in [3.05, 3.63) is 143 Å². The first-order valence-corrected chi connectivity index (χ1v) is 12.0. The molecule has 4 rings (SSSR count). The number of carbonyl (C=O) groups is 3. The number of anilines is 1. The van der Waals surface area contributed by atoms with Crippen molar-refractivity contribution in [2.45, 2.75) is 0 Å². The summed E-state index contributed by atoms with van der Waals surface area (Å²) in [5, 5.41) is 5.36. The number of ether oxygens (including phenoxy) is 1. The van der Waals surface area contributed by atoms with Crippen LogP contribution in [-0.4, -0.2) is 24.7 Å². The number of methoxy groups -OCH3 is 1. The molecule has 0 saturated carbocycles. The Balaban J connectivity index is 1.49. The molecule has 0 unspecified atom stereocenters. The van der Waals surface area contributed by atoms with Gasteiger partial charge in [0.1, 0.15) is 17.3 Å². The highest BCUT2D eigenvalue weighted by molar-refractivity contribution is 6.11. The maximum Gasteiger partial charge on any atom is 0.272 e. The van der Waals surface area contributed by atoms with Gasteiger partial charge in [-0.05, 0) is 78.4 Å². The standard InChI is InChI=1S/C32H25FN2O4/c1-39-30-10-6-5-7-24(30)15-20-29(36)23-13-18-27(19-14-23)34-32(38)28(21-22-11-16-26(33)17-12-22)35-31(37)25-8-3-2-4-9-25/h2-21H,1H3,(H,34,38)(H,35,37)/b20-15+,28-21-. The maximum atomic E-state index is 13.4. The molecule has 4 aromatic rings. The zero-order valence-corrected chi connectivity index (χ0v) is 21.1. The molecule has 0 spiro atoms. The Bertz CT molecular complexity index is 1530. The molecule has 0 aliphatic carbocycles. The molecule has 0 atom stereocenters. The summed E-state index contributed by atoms with van der Waals surface area (Å²) in [5.74, 6) is -1.03. The Kier molecular flexibility index (Phi) is 8.77. The molecule has 7 heteroatoms. The molecule has 0 heterocycles. The molecule has 2 amide bonds. The number of carbonyl (C=O) groups excluding carboxylic acids is 3. The minimum atomic E-state index is -0.584. The molecule has 39 heavy (non-hydrogen) atoms. The van der Waals surface area contributed by atoms with Gasteiger partial charge >= 0.3 is 0 Å². The quantitative estimate of drug-likeness (QED) is 0.205. The fraction of sp³-hybridized carbons (Fsp3) is 0.0312. The molecule has 0 radical (unpaired) electrons. The zero-order valence-electron chi connectivity index (χ0n) is 21.1. The second kappa shape index (κ2) is 12.8. The second-order valence-electron chi connectivity index (χ2n) is 8.40. The van der Waals surface area contributed by atoms with E-state index < -0.39 is 17.6 Å². The van der Waals surface area contributed by atoms with Crippen molar-refractivity contribution in [3.63, 3.8) is 0 Å². The van der Waals surface area contributed by atoms with Gasteiger partial charge in [0.25, 0.3) is 11.8 Å². The largest absolute Gasteiger partial charge is 0.496 e. The predicted octanol–water partition coefficient (Wildman–Crippen LogP) is 6.14. The van der Waals surface area contributed by atoms with Crippen molar-refractivity contribution < 1.29 is 23.5 Å². The van der Waals surface area contributed by atoms with Crippen molar-refractivity contribution in [3.8, 4) is 5.75 Å². The van der Waals surface area contributed by atoms with Crippen molar-refractivity contribution in [1.82, 2.24) is 5.32 Å². The Hall–Kier alpha value is -5.30. The van der Waals surface area contributed by atoms with Gasteiger partial charge in [-0.15, -0.1) is 0 Å². The molecular weight excluding hydrogens is 495 g/mol. The van der Waals surface area contributed by atoms with Crippen LogP contribution in [0.25, 0.3) is 12.2 Å². The number of allylic oxidation sites excluding steroid dienone is 1. The minimum Gasteiger partial charge on any atom is -0.496 e. The minimum absolute atomic E-state index is 0.0321. The summed E-state index contributed by atoms with van der Waals surface area (Å²) < 4.78 is 18.7. The van der Waals surface area contributed by atoms with E-state index in [4.69, 9.17) is 4.74 Å². The number of nitrogens with one attached hydrogen (secondary N) is 2. The number of benzene rings is 4. The van der Waals surface area contributed by atoms with Crippen LogP contribution in [0.1, 0.15) is 31.8 Å². The van der Waals surface area contributed by atoms with Crippen LogP contribution >= 0.6 is 0 Å². The number of hydrogen-bond acceptors (Lipinski definition) is 4. The molecule has 2 N–H and O–H groups in total. The van der Waals surface area contributed by atoms with Crippen LogP contribution in [0.5, 0.6) is 5.75 Å². The van der Waals surface area contributed by atoms with E-state index in [-0.39, 0.29) is 11.5 Å². The Morgan fingerprint density at radius 3 is 2.13 bits per heavy atom. The average molecular weight is 521 g/mol. The SMILES string of the molecule is COc1ccccc1/C=C/C(=O)c1ccc(NC(=O)/C(=C/c2ccc(F)cc2)NC(=O)c2ccccc2)cc1. The van der Waals surface area contributed by atoms with Gasteiger partial charge in [-0.2, -0.15) is 0 Å². The van der Waals surface area contributed by atoms with Gasteiger partial charge in [0, 0.05) is 22.4 Å². The number of halogens is 1. The van der Waals surface area contributed by atoms with Crippen LogP contribution in [0.4, 0.5) is 10.1 Å². The van der Waals surface area contributed by atoms with Gasteiger partial charge in [0.05, 0.1) is 7.11 Å². The number of amides is 2. The van der Waals surface area contributed by atoms with Gasteiger partial charge in [-0.25, -0.2) is 4.39 Å². The van der Waals surface area contributed by atoms with Crippen molar-refractivity contribution in [1.29, 1.82) is 0 Å². The topological polar surface area (TPSA) is 84.5 Å². The Labute approximate surface area is 225 Å². The lowest BCUT2D eigenvalue weighted by atomic mass is 10.1. The summed E-state index contributed by atoms with van der Waals surface area (Å²) in [4.78, 5) is 38.5. The Morgan fingerprint density at radius 1 is 0.769 bits per heavy atom. The third-order valence-corrected chi connectivity index (χ3v) is 5.69. The summed E-state index contributed by atoms with van der Waals surface area (Å²) in [5.41, 5.74) is 2.49. The van der Waals surface area contributed by atoms with Crippen LogP contribution in [0, 0.1) is 5.82 Å². The van der Waals surface area contributed by atoms with E-state index in [2.05, 4.69) is 10.6 Å². The molecular formula is C32H25FN2O4. The third kappa shape index (κ3) is 7.36. The summed E-state index contributed by atoms with van der Waals surface area (Å²) >= 11 is 0. The summed E-state index contributed by atoms with van der Waals surface area (Å²) in [7, 11) is 1.56. The first-order valence-electron chi connectivity index (χ1n) is 12.0. The number of ketones is 1. The fourth-order valence-corrected chi connectivity index (χ4v) is 3.65. The van der Waals surface area contributed by atoms with E-state index in [1.807, 2.05) is 24.3 Å². The maximum absolute atomic E-state index is 13.4. The predicted molar refractivity (Wildman–Crippen MR) is 150 cm³/mol. The lowest BCUT2D eigenvalue weighted by Crippen LogP contribution is -2.30. The molecule has 0 aromatic heterocycles. The second-order valence-corrected chi connectivity index (χ2v) is 8.40. The van der Waals surface area contributed by atoms with Gasteiger partial charge in [0.2, 0.25) is 0 Å². The summed E-state index contributed by atoms with van der Waals surface area (Å²) in [6.07, 6.45) is 4.59. The van der Waals surface area contributed by atoms with E-state index in [9.17, 15) is 18.8 Å². The molecule has 0 aliphatic heterocycles. The van der Waals surface area contributed by atoms with Gasteiger partial charge < -0.3 is 15.4 Å². The first kappa shape index (κ1) is 26.8. The third-order valence-electron chi connectivity index (χ3n) is 5.69. The molecule has 0 saturated heterocycles. The van der Waals surface area contributed by atoms with Crippen molar-refractivity contribution >= 4 is 35.4 Å². The smallest absolute Gasteiger partial charge is 0.272 e. The van der Waals surface area contributed by atoms with E-state index >= 15 is 0 Å². The highest BCUT2D eigenvalue weighted by Gasteiger charge is 2.15. The lowest BCUT2D eigenvalue weighted by molar-refractivity contribution is -0.113. The number of para-hydroxylation sites is 1. The average Bonchev–Trinajstić information content (AvgIpc) is 2.97. The fourth-order valence-electron chi connectivity index (χ4n) is 3.65. The lowest BCUT2D eigenvalue weighted by Gasteiger charge is -2.12. The van der Waals surface area contributed by atoms with E-state index in [0.29, 0.717) is 28.1 Å². The highest BCUT2D eigenvalue weighted by Crippen LogP contribution is 2.19. The van der Waals surface area contributed by atoms with Gasteiger partial charge in [0.15, 0.2) is 5.78 Å². The normalized spacial score (nSPS) is 11.2. The molecule has 4 aromatic carbocycles. The van der Waals surface area contributed by atoms with Crippen molar-refractivity contribution in [2.24, 2.45) is 0 Å². The molecule has 194 valence electrons. The van der Waals surface area contributed by atoms with E-state index in [1.165, 1.54) is 36.4 Å². The summed E-state index contributed by atoms with van der Waals surface area (Å²) in [6.45, 7) is 0. The van der Waals surface area contributed by atoms with Gasteiger partial charge in [-0.1, -0.05) is 48.5 Å². The van der Waals surface area contributed by atoms with Crippen molar-refractivity contribution in [2.75, 3.05) is 12.4 Å². The molecule has 0 bridgehead atoms. The molecule has 0 aliphatic rings. The number of rotatable bonds is 9. The monoisotopic (exact) mass is 520 g/mol.